The Morgan fingerprint density at radius 1 is 1.03 bits per heavy atom. The molecule has 0 aliphatic carbocycles. The lowest BCUT2D eigenvalue weighted by molar-refractivity contribution is -0.143. The molecule has 1 saturated heterocycles. The third-order valence-electron chi connectivity index (χ3n) is 5.00. The molecule has 0 bridgehead atoms. The van der Waals surface area contributed by atoms with E-state index in [0.717, 1.165) is 0 Å². The summed E-state index contributed by atoms with van der Waals surface area (Å²) in [5, 5.41) is 11.9. The minimum absolute atomic E-state index is 0.0800. The number of amides is 2. The minimum Gasteiger partial charge on any atom is -0.480 e. The largest absolute Gasteiger partial charge is 0.480 e. The maximum Gasteiger partial charge on any atom is 0.326 e. The van der Waals surface area contributed by atoms with Crippen LogP contribution in [0.5, 0.6) is 0 Å². The molecule has 10 heteroatoms. The van der Waals surface area contributed by atoms with Crippen LogP contribution >= 0.6 is 0 Å². The Morgan fingerprint density at radius 3 is 2.15 bits per heavy atom. The van der Waals surface area contributed by atoms with Crippen molar-refractivity contribution >= 4 is 17.8 Å². The van der Waals surface area contributed by atoms with Gasteiger partial charge in [-0.3, -0.25) is 9.59 Å². The van der Waals surface area contributed by atoms with E-state index in [1.165, 1.54) is 0 Å². The van der Waals surface area contributed by atoms with Gasteiger partial charge < -0.3 is 34.3 Å². The van der Waals surface area contributed by atoms with Gasteiger partial charge in [-0.15, -0.1) is 6.42 Å². The Bertz CT molecular complexity index is 634. The summed E-state index contributed by atoms with van der Waals surface area (Å²) in [7, 11) is 0. The lowest BCUT2D eigenvalue weighted by atomic mass is 10.0. The normalized spacial score (nSPS) is 16.5. The number of hydrogen-bond acceptors (Lipinski definition) is 7. The Labute approximate surface area is 196 Å². The van der Waals surface area contributed by atoms with E-state index in [0.29, 0.717) is 65.6 Å². The van der Waals surface area contributed by atoms with Gasteiger partial charge in [-0.2, -0.15) is 0 Å². The van der Waals surface area contributed by atoms with Crippen molar-refractivity contribution in [2.45, 2.75) is 39.2 Å². The fourth-order valence-electron chi connectivity index (χ4n) is 3.29. The average Bonchev–Trinajstić information content (AvgIpc) is 3.26. The monoisotopic (exact) mass is 470 g/mol. The topological polar surface area (TPSA) is 124 Å². The molecule has 0 spiro atoms. The summed E-state index contributed by atoms with van der Waals surface area (Å²) >= 11 is 0. The summed E-state index contributed by atoms with van der Waals surface area (Å²) in [5.74, 6) is 0.707. The van der Waals surface area contributed by atoms with E-state index < -0.39 is 12.0 Å². The third kappa shape index (κ3) is 13.2. The first-order chi connectivity index (χ1) is 15.8. The number of carbonyl (C=O) groups excluding carboxylic acids is 2. The van der Waals surface area contributed by atoms with E-state index in [1.807, 2.05) is 13.8 Å². The molecule has 0 aromatic carbocycles. The molecule has 1 aliphatic rings. The molecule has 0 radical (unpaired) electrons. The second-order valence-corrected chi connectivity index (χ2v) is 8.20. The molecule has 1 aliphatic heterocycles. The third-order valence-corrected chi connectivity index (χ3v) is 5.00. The molecular formula is C23H38N2O8. The van der Waals surface area contributed by atoms with Crippen molar-refractivity contribution in [2.75, 3.05) is 65.9 Å². The highest BCUT2D eigenvalue weighted by molar-refractivity contribution is 5.86. The Balaban J connectivity index is 2.09. The van der Waals surface area contributed by atoms with Gasteiger partial charge in [0.2, 0.25) is 11.8 Å². The zero-order valence-electron chi connectivity index (χ0n) is 19.8. The predicted molar refractivity (Wildman–Crippen MR) is 120 cm³/mol. The quantitative estimate of drug-likeness (QED) is 0.220. The number of likely N-dealkylation sites (tertiary alicyclic amines) is 1. The number of carboxylic acids is 1. The van der Waals surface area contributed by atoms with Gasteiger partial charge in [0.25, 0.3) is 0 Å². The second-order valence-electron chi connectivity index (χ2n) is 8.20. The van der Waals surface area contributed by atoms with Crippen LogP contribution in [0, 0.1) is 24.2 Å². The molecular weight excluding hydrogens is 432 g/mol. The fraction of sp³-hybridized carbons (Fsp3) is 0.783. The van der Waals surface area contributed by atoms with Gasteiger partial charge in [-0.05, 0) is 18.8 Å². The van der Waals surface area contributed by atoms with Crippen molar-refractivity contribution in [1.82, 2.24) is 10.2 Å². The van der Waals surface area contributed by atoms with Crippen LogP contribution < -0.4 is 5.32 Å². The van der Waals surface area contributed by atoms with Crippen molar-refractivity contribution in [3.05, 3.63) is 0 Å². The standard InChI is InChI=1S/C23H38N2O8/c1-4-8-30-10-12-32-14-15-33-13-11-31-9-6-21(26)25-7-5-19(17-25)22(27)24-20(23(28)29)16-18(2)3/h1,18-20H,5-17H2,2-3H3,(H,24,27)(H,28,29). The number of carboxylic acid groups (broad SMARTS) is 1. The van der Waals surface area contributed by atoms with Crippen molar-refractivity contribution in [3.8, 4) is 12.3 Å². The van der Waals surface area contributed by atoms with Crippen molar-refractivity contribution in [3.63, 3.8) is 0 Å². The molecule has 10 nitrogen and oxygen atoms in total. The number of ether oxygens (including phenoxy) is 4. The van der Waals surface area contributed by atoms with E-state index in [1.54, 1.807) is 4.90 Å². The van der Waals surface area contributed by atoms with Gasteiger partial charge in [-0.25, -0.2) is 4.79 Å². The van der Waals surface area contributed by atoms with E-state index in [-0.39, 0.29) is 43.3 Å². The van der Waals surface area contributed by atoms with Gasteiger partial charge in [0.1, 0.15) is 12.6 Å². The Hall–Kier alpha value is -2.19. The molecule has 1 heterocycles. The van der Waals surface area contributed by atoms with Crippen LogP contribution in [0.3, 0.4) is 0 Å². The SMILES string of the molecule is C#CCOCCOCCOCCOCCC(=O)N1CCC(C(=O)NC(CC(C)C)C(=O)O)C1. The number of nitrogens with zero attached hydrogens (tertiary/aromatic N) is 1. The fourth-order valence-corrected chi connectivity index (χ4v) is 3.29. The number of carbonyl (C=O) groups is 3. The van der Waals surface area contributed by atoms with Crippen LogP contribution in [0.15, 0.2) is 0 Å². The molecule has 33 heavy (non-hydrogen) atoms. The molecule has 2 atom stereocenters. The first-order valence-electron chi connectivity index (χ1n) is 11.4. The first-order valence-corrected chi connectivity index (χ1v) is 11.4. The highest BCUT2D eigenvalue weighted by Crippen LogP contribution is 2.18. The predicted octanol–water partition coefficient (Wildman–Crippen LogP) is 0.540. The summed E-state index contributed by atoms with van der Waals surface area (Å²) in [6.45, 7) is 7.71. The van der Waals surface area contributed by atoms with Crippen molar-refractivity contribution < 1.29 is 38.4 Å². The van der Waals surface area contributed by atoms with Crippen LogP contribution in [0.1, 0.15) is 33.1 Å². The average molecular weight is 471 g/mol. The molecule has 1 rings (SSSR count). The summed E-state index contributed by atoms with van der Waals surface area (Å²) in [4.78, 5) is 37.7. The maximum absolute atomic E-state index is 12.4. The molecule has 2 amide bonds. The maximum atomic E-state index is 12.4. The molecule has 0 aromatic rings. The zero-order chi connectivity index (χ0) is 24.5. The number of terminal acetylenes is 1. The Morgan fingerprint density at radius 2 is 1.61 bits per heavy atom. The van der Waals surface area contributed by atoms with Crippen molar-refractivity contribution in [2.24, 2.45) is 11.8 Å². The van der Waals surface area contributed by atoms with Crippen LogP contribution in [0.25, 0.3) is 0 Å². The summed E-state index contributed by atoms with van der Waals surface area (Å²) in [5.41, 5.74) is 0. The minimum atomic E-state index is -1.04. The Kier molecular flexibility index (Phi) is 15.1. The van der Waals surface area contributed by atoms with E-state index >= 15 is 0 Å². The van der Waals surface area contributed by atoms with E-state index in [9.17, 15) is 19.5 Å². The van der Waals surface area contributed by atoms with Gasteiger partial charge in [0.05, 0.1) is 58.6 Å². The van der Waals surface area contributed by atoms with Gasteiger partial charge in [0.15, 0.2) is 0 Å². The number of aliphatic carboxylic acids is 1. The first kappa shape index (κ1) is 28.8. The molecule has 1 fully saturated rings. The zero-order valence-corrected chi connectivity index (χ0v) is 19.8. The van der Waals surface area contributed by atoms with Crippen LogP contribution in [0.4, 0.5) is 0 Å². The van der Waals surface area contributed by atoms with Crippen LogP contribution in [0.2, 0.25) is 0 Å². The second kappa shape index (κ2) is 17.3. The highest BCUT2D eigenvalue weighted by atomic mass is 16.6. The van der Waals surface area contributed by atoms with Gasteiger partial charge in [0, 0.05) is 13.1 Å². The van der Waals surface area contributed by atoms with Crippen molar-refractivity contribution in [1.29, 1.82) is 0 Å². The van der Waals surface area contributed by atoms with E-state index in [4.69, 9.17) is 25.4 Å². The molecule has 2 unspecified atom stereocenters. The van der Waals surface area contributed by atoms with Gasteiger partial charge >= 0.3 is 5.97 Å². The summed E-state index contributed by atoms with van der Waals surface area (Å²) < 4.78 is 21.2. The lowest BCUT2D eigenvalue weighted by Crippen LogP contribution is -2.45. The highest BCUT2D eigenvalue weighted by Gasteiger charge is 2.33. The van der Waals surface area contributed by atoms with Crippen LogP contribution in [-0.4, -0.2) is 99.8 Å². The summed E-state index contributed by atoms with van der Waals surface area (Å²) in [6.07, 6.45) is 6.17. The van der Waals surface area contributed by atoms with E-state index in [2.05, 4.69) is 11.2 Å². The van der Waals surface area contributed by atoms with Gasteiger partial charge in [-0.1, -0.05) is 19.8 Å². The molecule has 0 aromatic heterocycles. The molecule has 2 N–H and O–H groups in total. The number of hydrogen-bond donors (Lipinski definition) is 2. The number of rotatable bonds is 18. The van der Waals surface area contributed by atoms with Crippen LogP contribution in [-0.2, 0) is 33.3 Å². The molecule has 0 saturated carbocycles. The summed E-state index contributed by atoms with van der Waals surface area (Å²) in [6, 6.07) is -0.905. The lowest BCUT2D eigenvalue weighted by Gasteiger charge is -2.20. The smallest absolute Gasteiger partial charge is 0.326 e. The number of nitrogens with one attached hydrogen (secondary N) is 1. The molecule has 188 valence electrons.